The van der Waals surface area contributed by atoms with Crippen LogP contribution in [-0.4, -0.2) is 25.5 Å². The molecule has 8 heteroatoms. The fourth-order valence-electron chi connectivity index (χ4n) is 1.94. The highest BCUT2D eigenvalue weighted by Crippen LogP contribution is 2.32. The van der Waals surface area contributed by atoms with Crippen LogP contribution in [0, 0.1) is 0 Å². The van der Waals surface area contributed by atoms with Crippen LogP contribution in [0.2, 0.25) is 10.0 Å². The second kappa shape index (κ2) is 7.42. The lowest BCUT2D eigenvalue weighted by molar-refractivity contribution is -0.123. The molecule has 0 saturated heterocycles. The van der Waals surface area contributed by atoms with Gasteiger partial charge < -0.3 is 14.2 Å². The van der Waals surface area contributed by atoms with Crippen molar-refractivity contribution in [1.82, 2.24) is 5.43 Å². The summed E-state index contributed by atoms with van der Waals surface area (Å²) >= 11 is 11.8. The second-order valence-corrected chi connectivity index (χ2v) is 5.53. The van der Waals surface area contributed by atoms with E-state index in [0.29, 0.717) is 22.3 Å². The molecule has 2 aromatic rings. The van der Waals surface area contributed by atoms with Gasteiger partial charge in [0.15, 0.2) is 18.1 Å². The summed E-state index contributed by atoms with van der Waals surface area (Å²) in [4.78, 5) is 11.7. The maximum Gasteiger partial charge on any atom is 0.277 e. The molecule has 24 heavy (non-hydrogen) atoms. The van der Waals surface area contributed by atoms with E-state index in [9.17, 15) is 4.79 Å². The third-order valence-electron chi connectivity index (χ3n) is 3.07. The zero-order valence-corrected chi connectivity index (χ0v) is 13.8. The van der Waals surface area contributed by atoms with Gasteiger partial charge in [0, 0.05) is 0 Å². The SMILES string of the molecule is O=C(COc1cccc(Cl)c1Cl)N/N=C\c1ccc2c(c1)OCO2. The van der Waals surface area contributed by atoms with E-state index in [-0.39, 0.29) is 18.4 Å². The second-order valence-electron chi connectivity index (χ2n) is 4.75. The Labute approximate surface area is 147 Å². The van der Waals surface area contributed by atoms with Gasteiger partial charge in [-0.25, -0.2) is 5.43 Å². The Kier molecular flexibility index (Phi) is 5.08. The van der Waals surface area contributed by atoms with E-state index < -0.39 is 5.91 Å². The zero-order valence-electron chi connectivity index (χ0n) is 12.3. The summed E-state index contributed by atoms with van der Waals surface area (Å²) < 4.78 is 15.8. The fraction of sp³-hybridized carbons (Fsp3) is 0.125. The van der Waals surface area contributed by atoms with Crippen molar-refractivity contribution in [3.05, 3.63) is 52.0 Å². The van der Waals surface area contributed by atoms with E-state index in [1.54, 1.807) is 36.4 Å². The summed E-state index contributed by atoms with van der Waals surface area (Å²) in [5.74, 6) is 1.23. The third kappa shape index (κ3) is 3.90. The first-order valence-corrected chi connectivity index (χ1v) is 7.67. The normalized spacial score (nSPS) is 12.4. The van der Waals surface area contributed by atoms with Crippen molar-refractivity contribution in [3.8, 4) is 17.2 Å². The van der Waals surface area contributed by atoms with Crippen LogP contribution >= 0.6 is 23.2 Å². The number of nitrogens with zero attached hydrogens (tertiary/aromatic N) is 1. The number of hydrazone groups is 1. The van der Waals surface area contributed by atoms with Crippen molar-refractivity contribution >= 4 is 35.3 Å². The number of benzene rings is 2. The number of nitrogens with one attached hydrogen (secondary N) is 1. The van der Waals surface area contributed by atoms with Crippen molar-refractivity contribution in [3.63, 3.8) is 0 Å². The average molecular weight is 367 g/mol. The Morgan fingerprint density at radius 2 is 2.08 bits per heavy atom. The standard InChI is InChI=1S/C16H12Cl2N2O4/c17-11-2-1-3-13(16(11)18)22-8-15(21)20-19-7-10-4-5-12-14(6-10)24-9-23-12/h1-7H,8-9H2,(H,20,21)/b19-7-. The number of carbonyl (C=O) groups is 1. The Hall–Kier alpha value is -2.44. The van der Waals surface area contributed by atoms with Gasteiger partial charge in [-0.2, -0.15) is 5.10 Å². The van der Waals surface area contributed by atoms with Crippen LogP contribution in [0.1, 0.15) is 5.56 Å². The molecule has 0 aliphatic carbocycles. The minimum atomic E-state index is -0.428. The van der Waals surface area contributed by atoms with Gasteiger partial charge >= 0.3 is 0 Å². The van der Waals surface area contributed by atoms with Gasteiger partial charge in [-0.1, -0.05) is 29.3 Å². The predicted octanol–water partition coefficient (Wildman–Crippen LogP) is 3.25. The maximum atomic E-state index is 11.7. The molecule has 1 aliphatic rings. The molecule has 0 fully saturated rings. The van der Waals surface area contributed by atoms with Crippen molar-refractivity contribution < 1.29 is 19.0 Å². The molecule has 1 amide bonds. The summed E-state index contributed by atoms with van der Waals surface area (Å²) in [6, 6.07) is 10.3. The highest BCUT2D eigenvalue weighted by Gasteiger charge is 2.12. The van der Waals surface area contributed by atoms with E-state index in [4.69, 9.17) is 37.4 Å². The summed E-state index contributed by atoms with van der Waals surface area (Å²) in [7, 11) is 0. The number of carbonyl (C=O) groups excluding carboxylic acids is 1. The lowest BCUT2D eigenvalue weighted by Crippen LogP contribution is -2.24. The van der Waals surface area contributed by atoms with E-state index in [2.05, 4.69) is 10.5 Å². The van der Waals surface area contributed by atoms with Crippen LogP contribution in [0.5, 0.6) is 17.2 Å². The van der Waals surface area contributed by atoms with E-state index in [0.717, 1.165) is 5.56 Å². The van der Waals surface area contributed by atoms with E-state index >= 15 is 0 Å². The first-order valence-electron chi connectivity index (χ1n) is 6.92. The van der Waals surface area contributed by atoms with Crippen LogP contribution in [0.25, 0.3) is 0 Å². The lowest BCUT2D eigenvalue weighted by atomic mass is 10.2. The van der Waals surface area contributed by atoms with Gasteiger partial charge in [-0.15, -0.1) is 0 Å². The number of ether oxygens (including phenoxy) is 3. The zero-order chi connectivity index (χ0) is 16.9. The smallest absolute Gasteiger partial charge is 0.277 e. The molecule has 0 spiro atoms. The Balaban J connectivity index is 1.51. The van der Waals surface area contributed by atoms with Crippen molar-refractivity contribution in [2.45, 2.75) is 0 Å². The highest BCUT2D eigenvalue weighted by atomic mass is 35.5. The van der Waals surface area contributed by atoms with Gasteiger partial charge in [-0.3, -0.25) is 4.79 Å². The quantitative estimate of drug-likeness (QED) is 0.651. The largest absolute Gasteiger partial charge is 0.482 e. The molecule has 6 nitrogen and oxygen atoms in total. The number of amides is 1. The molecular formula is C16H12Cl2N2O4. The van der Waals surface area contributed by atoms with E-state index in [1.807, 2.05) is 0 Å². The predicted molar refractivity (Wildman–Crippen MR) is 90.3 cm³/mol. The monoisotopic (exact) mass is 366 g/mol. The van der Waals surface area contributed by atoms with Gasteiger partial charge in [0.1, 0.15) is 10.8 Å². The molecule has 1 N–H and O–H groups in total. The van der Waals surface area contributed by atoms with E-state index in [1.165, 1.54) is 6.21 Å². The average Bonchev–Trinajstić information content (AvgIpc) is 3.04. The molecule has 0 aromatic heterocycles. The number of hydrogen-bond donors (Lipinski definition) is 1. The van der Waals surface area contributed by atoms with Crippen LogP contribution in [0.4, 0.5) is 0 Å². The van der Waals surface area contributed by atoms with Crippen LogP contribution in [0.3, 0.4) is 0 Å². The first kappa shape index (κ1) is 16.4. The minimum absolute atomic E-state index is 0.204. The lowest BCUT2D eigenvalue weighted by Gasteiger charge is -2.07. The van der Waals surface area contributed by atoms with Crippen molar-refractivity contribution in [2.24, 2.45) is 5.10 Å². The Morgan fingerprint density at radius 1 is 1.25 bits per heavy atom. The van der Waals surface area contributed by atoms with Crippen molar-refractivity contribution in [2.75, 3.05) is 13.4 Å². The van der Waals surface area contributed by atoms with Crippen LogP contribution in [-0.2, 0) is 4.79 Å². The summed E-state index contributed by atoms with van der Waals surface area (Å²) in [5.41, 5.74) is 3.12. The summed E-state index contributed by atoms with van der Waals surface area (Å²) in [5, 5.41) is 4.48. The number of halogens is 2. The number of rotatable bonds is 5. The third-order valence-corrected chi connectivity index (χ3v) is 3.88. The van der Waals surface area contributed by atoms with Crippen LogP contribution in [0.15, 0.2) is 41.5 Å². The maximum absolute atomic E-state index is 11.7. The van der Waals surface area contributed by atoms with Gasteiger partial charge in [0.2, 0.25) is 6.79 Å². The summed E-state index contributed by atoms with van der Waals surface area (Å²) in [6.07, 6.45) is 1.49. The molecule has 124 valence electrons. The molecule has 1 heterocycles. The Morgan fingerprint density at radius 3 is 2.96 bits per heavy atom. The highest BCUT2D eigenvalue weighted by molar-refractivity contribution is 6.42. The van der Waals surface area contributed by atoms with Gasteiger partial charge in [-0.05, 0) is 35.9 Å². The summed E-state index contributed by atoms with van der Waals surface area (Å²) in [6.45, 7) is -0.0331. The first-order chi connectivity index (χ1) is 11.6. The molecule has 3 rings (SSSR count). The number of fused-ring (bicyclic) bond motifs is 1. The molecular weight excluding hydrogens is 355 g/mol. The molecule has 0 saturated carbocycles. The molecule has 0 bridgehead atoms. The molecule has 1 aliphatic heterocycles. The fourth-order valence-corrected chi connectivity index (χ4v) is 2.29. The molecule has 0 unspecified atom stereocenters. The van der Waals surface area contributed by atoms with Crippen molar-refractivity contribution in [1.29, 1.82) is 0 Å². The van der Waals surface area contributed by atoms with Gasteiger partial charge in [0.25, 0.3) is 5.91 Å². The van der Waals surface area contributed by atoms with Gasteiger partial charge in [0.05, 0.1) is 11.2 Å². The topological polar surface area (TPSA) is 69.2 Å². The molecule has 0 atom stereocenters. The molecule has 0 radical (unpaired) electrons. The number of hydrogen-bond acceptors (Lipinski definition) is 5. The minimum Gasteiger partial charge on any atom is -0.482 e. The molecule has 2 aromatic carbocycles. The van der Waals surface area contributed by atoms with Crippen LogP contribution < -0.4 is 19.6 Å². The Bertz CT molecular complexity index is 796.